The maximum absolute atomic E-state index is 12.2. The van der Waals surface area contributed by atoms with Crippen molar-refractivity contribution in [1.82, 2.24) is 5.06 Å². The fraction of sp³-hybridized carbons (Fsp3) is 0.429. The van der Waals surface area contributed by atoms with Crippen LogP contribution in [0.25, 0.3) is 0 Å². The number of alkyl halides is 1. The fourth-order valence-corrected chi connectivity index (χ4v) is 1.91. The van der Waals surface area contributed by atoms with E-state index in [0.717, 1.165) is 5.56 Å². The summed E-state index contributed by atoms with van der Waals surface area (Å²) in [6.45, 7) is 3.57. The van der Waals surface area contributed by atoms with Gasteiger partial charge in [0, 0.05) is 12.6 Å². The van der Waals surface area contributed by atoms with E-state index in [9.17, 15) is 9.59 Å². The van der Waals surface area contributed by atoms with E-state index in [1.165, 1.54) is 12.2 Å². The molecule has 0 unspecified atom stereocenters. The molecule has 1 aromatic rings. The molecule has 0 aliphatic heterocycles. The molecule has 104 valence electrons. The van der Waals surface area contributed by atoms with Gasteiger partial charge in [-0.05, 0) is 25.5 Å². The van der Waals surface area contributed by atoms with Crippen molar-refractivity contribution in [3.05, 3.63) is 35.4 Å². The Labute approximate surface area is 118 Å². The highest BCUT2D eigenvalue weighted by Crippen LogP contribution is 2.26. The maximum atomic E-state index is 12.2. The lowest BCUT2D eigenvalue weighted by atomic mass is 9.82. The van der Waals surface area contributed by atoms with E-state index in [1.807, 2.05) is 6.07 Å². The summed E-state index contributed by atoms with van der Waals surface area (Å²) in [6, 6.07) is 6.95. The molecule has 1 amide bonds. The van der Waals surface area contributed by atoms with Crippen LogP contribution in [-0.4, -0.2) is 36.8 Å². The van der Waals surface area contributed by atoms with Crippen LogP contribution in [0.15, 0.2) is 24.3 Å². The van der Waals surface area contributed by atoms with Crippen molar-refractivity contribution in [2.75, 3.05) is 20.0 Å². The van der Waals surface area contributed by atoms with E-state index >= 15 is 0 Å². The normalized spacial score (nSPS) is 11.2. The molecule has 0 aromatic heterocycles. The lowest BCUT2D eigenvalue weighted by Crippen LogP contribution is -2.40. The fourth-order valence-electron chi connectivity index (χ4n) is 1.76. The van der Waals surface area contributed by atoms with E-state index < -0.39 is 5.41 Å². The largest absolute Gasteiger partial charge is 0.293 e. The van der Waals surface area contributed by atoms with Gasteiger partial charge in [0.05, 0.1) is 18.4 Å². The number of hydroxylamine groups is 2. The first kappa shape index (κ1) is 15.7. The molecular formula is C14H18ClNO3. The summed E-state index contributed by atoms with van der Waals surface area (Å²) in [4.78, 5) is 28.8. The Kier molecular flexibility index (Phi) is 5.09. The van der Waals surface area contributed by atoms with Crippen LogP contribution in [0.4, 0.5) is 0 Å². The smallest absolute Gasteiger partial charge is 0.255 e. The highest BCUT2D eigenvalue weighted by Gasteiger charge is 2.33. The lowest BCUT2D eigenvalue weighted by Gasteiger charge is -2.28. The number of carbonyl (C=O) groups is 2. The van der Waals surface area contributed by atoms with Crippen LogP contribution < -0.4 is 0 Å². The molecule has 0 atom stereocenters. The van der Waals surface area contributed by atoms with E-state index in [0.29, 0.717) is 5.56 Å². The van der Waals surface area contributed by atoms with Crippen molar-refractivity contribution in [2.24, 2.45) is 0 Å². The number of nitrogens with zero attached hydrogens (tertiary/aromatic N) is 1. The van der Waals surface area contributed by atoms with Crippen LogP contribution >= 0.6 is 11.6 Å². The van der Waals surface area contributed by atoms with Crippen LogP contribution in [-0.2, 0) is 15.0 Å². The maximum Gasteiger partial charge on any atom is 0.255 e. The predicted molar refractivity (Wildman–Crippen MR) is 74.3 cm³/mol. The van der Waals surface area contributed by atoms with Crippen molar-refractivity contribution in [2.45, 2.75) is 19.3 Å². The zero-order valence-corrected chi connectivity index (χ0v) is 12.3. The van der Waals surface area contributed by atoms with Gasteiger partial charge >= 0.3 is 0 Å². The first-order chi connectivity index (χ1) is 8.84. The van der Waals surface area contributed by atoms with Crippen molar-refractivity contribution in [1.29, 1.82) is 0 Å². The number of rotatable bonds is 5. The van der Waals surface area contributed by atoms with Crippen LogP contribution in [0.2, 0.25) is 0 Å². The molecule has 0 saturated carbocycles. The highest BCUT2D eigenvalue weighted by molar-refractivity contribution is 6.30. The van der Waals surface area contributed by atoms with Gasteiger partial charge in [-0.3, -0.25) is 14.4 Å². The van der Waals surface area contributed by atoms with Crippen molar-refractivity contribution in [3.8, 4) is 0 Å². The number of likely N-dealkylation sites (N-methyl/N-ethyl adjacent to an activating group) is 1. The molecule has 0 N–H and O–H groups in total. The minimum Gasteiger partial charge on any atom is -0.293 e. The Morgan fingerprint density at radius 3 is 2.53 bits per heavy atom. The number of halogens is 1. The number of Topliss-reactive ketones (excluding diaryl/α,β-unsaturated/α-hetero) is 1. The molecule has 0 spiro atoms. The number of hydrogen-bond donors (Lipinski definition) is 0. The Morgan fingerprint density at radius 1 is 1.37 bits per heavy atom. The molecule has 0 bridgehead atoms. The number of benzene rings is 1. The van der Waals surface area contributed by atoms with Crippen molar-refractivity contribution >= 4 is 23.3 Å². The zero-order chi connectivity index (χ0) is 14.6. The molecule has 0 fully saturated rings. The number of carbonyl (C=O) groups excluding carboxylic acids is 2. The Hall–Kier alpha value is -1.39. The van der Waals surface area contributed by atoms with Crippen LogP contribution in [0.1, 0.15) is 29.8 Å². The second-order valence-corrected chi connectivity index (χ2v) is 5.02. The molecular weight excluding hydrogens is 266 g/mol. The summed E-state index contributed by atoms with van der Waals surface area (Å²) >= 11 is 5.54. The molecule has 5 heteroatoms. The van der Waals surface area contributed by atoms with E-state index in [2.05, 4.69) is 0 Å². The SMILES string of the molecule is CON(C)C(=O)C(C)(C)c1cccc(C(=O)CCl)c1. The summed E-state index contributed by atoms with van der Waals surface area (Å²) in [6.07, 6.45) is 0. The van der Waals surface area contributed by atoms with Gasteiger partial charge in [0.25, 0.3) is 5.91 Å². The van der Waals surface area contributed by atoms with Gasteiger partial charge < -0.3 is 0 Å². The molecule has 1 aromatic carbocycles. The van der Waals surface area contributed by atoms with Crippen molar-refractivity contribution in [3.63, 3.8) is 0 Å². The molecule has 1 rings (SSSR count). The molecule has 19 heavy (non-hydrogen) atoms. The van der Waals surface area contributed by atoms with E-state index in [-0.39, 0.29) is 17.6 Å². The molecule has 0 aliphatic rings. The third kappa shape index (κ3) is 3.33. The summed E-state index contributed by atoms with van der Waals surface area (Å²) in [5.41, 5.74) is 0.471. The van der Waals surface area contributed by atoms with Gasteiger partial charge in [-0.15, -0.1) is 11.6 Å². The topological polar surface area (TPSA) is 46.6 Å². The number of amides is 1. The third-order valence-electron chi connectivity index (χ3n) is 3.12. The predicted octanol–water partition coefficient (Wildman–Crippen LogP) is 2.41. The highest BCUT2D eigenvalue weighted by atomic mass is 35.5. The first-order valence-electron chi connectivity index (χ1n) is 5.86. The molecule has 4 nitrogen and oxygen atoms in total. The van der Waals surface area contributed by atoms with Crippen LogP contribution in [0.5, 0.6) is 0 Å². The van der Waals surface area contributed by atoms with Gasteiger partial charge in [0.15, 0.2) is 5.78 Å². The van der Waals surface area contributed by atoms with Gasteiger partial charge in [0.1, 0.15) is 0 Å². The second-order valence-electron chi connectivity index (χ2n) is 4.75. The van der Waals surface area contributed by atoms with E-state index in [4.69, 9.17) is 16.4 Å². The average Bonchev–Trinajstić information content (AvgIpc) is 2.44. The third-order valence-corrected chi connectivity index (χ3v) is 3.36. The standard InChI is InChI=1S/C14H18ClNO3/c1-14(2,13(18)16(3)19-4)11-7-5-6-10(8-11)12(17)9-15/h5-8H,9H2,1-4H3. The van der Waals surface area contributed by atoms with Crippen LogP contribution in [0.3, 0.4) is 0 Å². The number of hydrogen-bond acceptors (Lipinski definition) is 3. The minimum absolute atomic E-state index is 0.0736. The van der Waals surface area contributed by atoms with Gasteiger partial charge in [-0.25, -0.2) is 5.06 Å². The van der Waals surface area contributed by atoms with Gasteiger partial charge in [-0.1, -0.05) is 18.2 Å². The minimum atomic E-state index is -0.784. The Bertz CT molecular complexity index is 485. The van der Waals surface area contributed by atoms with Crippen LogP contribution in [0, 0.1) is 0 Å². The summed E-state index contributed by atoms with van der Waals surface area (Å²) in [7, 11) is 2.99. The Balaban J connectivity index is 3.14. The van der Waals surface area contributed by atoms with Crippen molar-refractivity contribution < 1.29 is 14.4 Å². The lowest BCUT2D eigenvalue weighted by molar-refractivity contribution is -0.174. The monoisotopic (exact) mass is 283 g/mol. The van der Waals surface area contributed by atoms with Gasteiger partial charge in [-0.2, -0.15) is 0 Å². The number of ketones is 1. The first-order valence-corrected chi connectivity index (χ1v) is 6.40. The summed E-state index contributed by atoms with van der Waals surface area (Å²) in [5.74, 6) is -0.423. The summed E-state index contributed by atoms with van der Waals surface area (Å²) < 4.78 is 0. The Morgan fingerprint density at radius 2 is 2.00 bits per heavy atom. The zero-order valence-electron chi connectivity index (χ0n) is 11.6. The molecule has 0 saturated heterocycles. The molecule has 0 radical (unpaired) electrons. The van der Waals surface area contributed by atoms with Gasteiger partial charge in [0.2, 0.25) is 0 Å². The average molecular weight is 284 g/mol. The van der Waals surface area contributed by atoms with E-state index in [1.54, 1.807) is 39.1 Å². The molecule has 0 heterocycles. The second kappa shape index (κ2) is 6.17. The quantitative estimate of drug-likeness (QED) is 0.474. The molecule has 0 aliphatic carbocycles. The summed E-state index contributed by atoms with van der Waals surface area (Å²) in [5, 5.41) is 1.18.